The van der Waals surface area contributed by atoms with Gasteiger partial charge in [0.15, 0.2) is 6.10 Å². The number of benzene rings is 1. The van der Waals surface area contributed by atoms with Crippen molar-refractivity contribution in [2.45, 2.75) is 40.2 Å². The van der Waals surface area contributed by atoms with E-state index in [1.54, 1.807) is 6.92 Å². The predicted molar refractivity (Wildman–Crippen MR) is 78.2 cm³/mol. The number of carbonyl (C=O) groups is 1. The molecule has 0 aliphatic heterocycles. The number of nitrogens with two attached hydrogens (primary N) is 1. The smallest absolute Gasteiger partial charge is 0.260 e. The Morgan fingerprint density at radius 2 is 2.05 bits per heavy atom. The van der Waals surface area contributed by atoms with Crippen LogP contribution in [0.1, 0.15) is 33.3 Å². The number of rotatable bonds is 6. The van der Waals surface area contributed by atoms with E-state index in [0.29, 0.717) is 23.9 Å². The zero-order valence-corrected chi connectivity index (χ0v) is 12.2. The van der Waals surface area contributed by atoms with Crippen LogP contribution >= 0.6 is 0 Å². The molecule has 0 aromatic heterocycles. The Bertz CT molecular complexity index is 430. The fourth-order valence-electron chi connectivity index (χ4n) is 1.62. The van der Waals surface area contributed by atoms with E-state index in [-0.39, 0.29) is 5.91 Å². The van der Waals surface area contributed by atoms with Gasteiger partial charge in [-0.15, -0.1) is 0 Å². The van der Waals surface area contributed by atoms with Gasteiger partial charge in [-0.25, -0.2) is 0 Å². The molecule has 0 aliphatic carbocycles. The summed E-state index contributed by atoms with van der Waals surface area (Å²) < 4.78 is 5.60. The van der Waals surface area contributed by atoms with Gasteiger partial charge in [0.2, 0.25) is 0 Å². The first-order chi connectivity index (χ1) is 8.93. The summed E-state index contributed by atoms with van der Waals surface area (Å²) in [7, 11) is 0. The number of ether oxygens (including phenoxy) is 1. The van der Waals surface area contributed by atoms with Crippen molar-refractivity contribution in [2.75, 3.05) is 12.3 Å². The lowest BCUT2D eigenvalue weighted by molar-refractivity contribution is -0.127. The van der Waals surface area contributed by atoms with Crippen LogP contribution in [-0.2, 0) is 11.2 Å². The third-order valence-corrected chi connectivity index (χ3v) is 2.84. The van der Waals surface area contributed by atoms with Gasteiger partial charge in [-0.1, -0.05) is 26.8 Å². The molecule has 3 N–H and O–H groups in total. The Balaban J connectivity index is 2.61. The largest absolute Gasteiger partial charge is 0.479 e. The molecule has 0 heterocycles. The first-order valence-electron chi connectivity index (χ1n) is 6.76. The van der Waals surface area contributed by atoms with E-state index in [0.717, 1.165) is 12.0 Å². The van der Waals surface area contributed by atoms with Gasteiger partial charge in [0.1, 0.15) is 5.75 Å². The molecule has 106 valence electrons. The van der Waals surface area contributed by atoms with Gasteiger partial charge in [-0.3, -0.25) is 4.79 Å². The molecule has 0 radical (unpaired) electrons. The average molecular weight is 264 g/mol. The van der Waals surface area contributed by atoms with Crippen LogP contribution in [0.3, 0.4) is 0 Å². The first kappa shape index (κ1) is 15.3. The van der Waals surface area contributed by atoms with E-state index in [2.05, 4.69) is 12.2 Å². The Morgan fingerprint density at radius 3 is 2.58 bits per heavy atom. The van der Waals surface area contributed by atoms with Crippen LogP contribution in [0.2, 0.25) is 0 Å². The summed E-state index contributed by atoms with van der Waals surface area (Å²) in [4.78, 5) is 11.8. The number of nitrogen functional groups attached to an aromatic ring is 1. The fraction of sp³-hybridized carbons (Fsp3) is 0.533. The summed E-state index contributed by atoms with van der Waals surface area (Å²) in [6.07, 6.45) is 0.378. The van der Waals surface area contributed by atoms with Crippen molar-refractivity contribution in [1.82, 2.24) is 5.32 Å². The zero-order chi connectivity index (χ0) is 14.4. The van der Waals surface area contributed by atoms with Crippen molar-refractivity contribution >= 4 is 11.6 Å². The molecule has 1 amide bonds. The van der Waals surface area contributed by atoms with Crippen LogP contribution in [0.15, 0.2) is 18.2 Å². The molecule has 4 heteroatoms. The van der Waals surface area contributed by atoms with E-state index in [9.17, 15) is 4.79 Å². The molecule has 0 aliphatic rings. The van der Waals surface area contributed by atoms with E-state index < -0.39 is 6.10 Å². The number of hydrogen-bond donors (Lipinski definition) is 2. The molecule has 1 atom stereocenters. The summed E-state index contributed by atoms with van der Waals surface area (Å²) in [5, 5.41) is 2.84. The molecule has 4 nitrogen and oxygen atoms in total. The Labute approximate surface area is 115 Å². The molecule has 1 aromatic carbocycles. The first-order valence-corrected chi connectivity index (χ1v) is 6.76. The molecular formula is C15H24N2O2. The molecule has 0 bridgehead atoms. The monoisotopic (exact) mass is 264 g/mol. The minimum Gasteiger partial charge on any atom is -0.479 e. The van der Waals surface area contributed by atoms with Gasteiger partial charge in [0.05, 0.1) is 5.69 Å². The molecule has 1 aromatic rings. The van der Waals surface area contributed by atoms with Crippen molar-refractivity contribution in [3.63, 3.8) is 0 Å². The number of carbonyl (C=O) groups excluding carboxylic acids is 1. The molecule has 1 unspecified atom stereocenters. The van der Waals surface area contributed by atoms with Gasteiger partial charge in [0.25, 0.3) is 5.91 Å². The van der Waals surface area contributed by atoms with Gasteiger partial charge >= 0.3 is 0 Å². The Hall–Kier alpha value is -1.71. The van der Waals surface area contributed by atoms with Crippen molar-refractivity contribution in [3.8, 4) is 5.75 Å². The van der Waals surface area contributed by atoms with Crippen LogP contribution in [0.4, 0.5) is 5.69 Å². The highest BCUT2D eigenvalue weighted by molar-refractivity contribution is 5.80. The van der Waals surface area contributed by atoms with Crippen LogP contribution in [0, 0.1) is 5.92 Å². The Kier molecular flexibility index (Phi) is 5.67. The maximum absolute atomic E-state index is 11.8. The third-order valence-electron chi connectivity index (χ3n) is 2.84. The van der Waals surface area contributed by atoms with Gasteiger partial charge in [-0.05, 0) is 37.0 Å². The number of aryl methyl sites for hydroxylation is 1. The number of anilines is 1. The number of hydrogen-bond acceptors (Lipinski definition) is 3. The summed E-state index contributed by atoms with van der Waals surface area (Å²) in [5.41, 5.74) is 7.64. The molecule has 1 rings (SSSR count). The average Bonchev–Trinajstić information content (AvgIpc) is 2.37. The highest BCUT2D eigenvalue weighted by Crippen LogP contribution is 2.23. The highest BCUT2D eigenvalue weighted by Gasteiger charge is 2.15. The summed E-state index contributed by atoms with van der Waals surface area (Å²) in [6.45, 7) is 8.54. The summed E-state index contributed by atoms with van der Waals surface area (Å²) >= 11 is 0. The van der Waals surface area contributed by atoms with E-state index >= 15 is 0 Å². The third kappa shape index (κ3) is 4.81. The quantitative estimate of drug-likeness (QED) is 0.775. The lowest BCUT2D eigenvalue weighted by Crippen LogP contribution is -2.38. The second kappa shape index (κ2) is 7.02. The number of amides is 1. The summed E-state index contributed by atoms with van der Waals surface area (Å²) in [6, 6.07) is 5.67. The van der Waals surface area contributed by atoms with Gasteiger partial charge < -0.3 is 15.8 Å². The van der Waals surface area contributed by atoms with Crippen LogP contribution in [0.25, 0.3) is 0 Å². The normalized spacial score (nSPS) is 12.3. The Morgan fingerprint density at radius 1 is 1.37 bits per heavy atom. The second-order valence-corrected chi connectivity index (χ2v) is 5.12. The minimum atomic E-state index is -0.548. The van der Waals surface area contributed by atoms with E-state index in [1.807, 2.05) is 32.0 Å². The van der Waals surface area contributed by atoms with Crippen molar-refractivity contribution in [1.29, 1.82) is 0 Å². The lowest BCUT2D eigenvalue weighted by atomic mass is 10.1. The van der Waals surface area contributed by atoms with Gasteiger partial charge in [0, 0.05) is 6.54 Å². The predicted octanol–water partition coefficient (Wildman–Crippen LogP) is 2.37. The van der Waals surface area contributed by atoms with E-state index in [1.165, 1.54) is 0 Å². The van der Waals surface area contributed by atoms with Crippen molar-refractivity contribution in [3.05, 3.63) is 23.8 Å². The summed E-state index contributed by atoms with van der Waals surface area (Å²) in [5.74, 6) is 0.863. The van der Waals surface area contributed by atoms with Crippen LogP contribution in [-0.4, -0.2) is 18.6 Å². The lowest BCUT2D eigenvalue weighted by Gasteiger charge is -2.17. The van der Waals surface area contributed by atoms with Crippen molar-refractivity contribution < 1.29 is 9.53 Å². The molecule has 19 heavy (non-hydrogen) atoms. The zero-order valence-electron chi connectivity index (χ0n) is 12.2. The number of nitrogens with one attached hydrogen (secondary N) is 1. The van der Waals surface area contributed by atoms with Gasteiger partial charge in [-0.2, -0.15) is 0 Å². The molecule has 0 fully saturated rings. The molecular weight excluding hydrogens is 240 g/mol. The van der Waals surface area contributed by atoms with Crippen LogP contribution in [0.5, 0.6) is 5.75 Å². The topological polar surface area (TPSA) is 64.3 Å². The SMILES string of the molecule is CCc1ccc(OC(C)C(=O)NCC(C)C)c(N)c1. The second-order valence-electron chi connectivity index (χ2n) is 5.12. The maximum atomic E-state index is 11.8. The van der Waals surface area contributed by atoms with Crippen LogP contribution < -0.4 is 15.8 Å². The van der Waals surface area contributed by atoms with E-state index in [4.69, 9.17) is 10.5 Å². The standard InChI is InChI=1S/C15H24N2O2/c1-5-12-6-7-14(13(16)8-12)19-11(4)15(18)17-9-10(2)3/h6-8,10-11H,5,9,16H2,1-4H3,(H,17,18). The molecule has 0 saturated heterocycles. The molecule has 0 spiro atoms. The molecule has 0 saturated carbocycles. The van der Waals surface area contributed by atoms with Crippen molar-refractivity contribution in [2.24, 2.45) is 5.92 Å². The highest BCUT2D eigenvalue weighted by atomic mass is 16.5. The maximum Gasteiger partial charge on any atom is 0.260 e. The fourth-order valence-corrected chi connectivity index (χ4v) is 1.62. The minimum absolute atomic E-state index is 0.118.